The van der Waals surface area contributed by atoms with Crippen LogP contribution in [-0.2, 0) is 0 Å². The molecule has 2 rings (SSSR count). The van der Waals surface area contributed by atoms with E-state index in [9.17, 15) is 0 Å². The summed E-state index contributed by atoms with van der Waals surface area (Å²) < 4.78 is 1.08. The summed E-state index contributed by atoms with van der Waals surface area (Å²) in [4.78, 5) is 6.39. The van der Waals surface area contributed by atoms with E-state index in [0.29, 0.717) is 5.96 Å². The summed E-state index contributed by atoms with van der Waals surface area (Å²) in [6.45, 7) is 2.06. The number of rotatable bonds is 2. The van der Waals surface area contributed by atoms with Crippen molar-refractivity contribution in [2.45, 2.75) is 6.92 Å². The van der Waals surface area contributed by atoms with E-state index in [4.69, 9.17) is 5.73 Å². The highest BCUT2D eigenvalue weighted by Gasteiger charge is 2.08. The summed E-state index contributed by atoms with van der Waals surface area (Å²) in [5.41, 5.74) is 9.22. The minimum atomic E-state index is 0.485. The quantitative estimate of drug-likeness (QED) is 0.501. The number of halogens is 1. The van der Waals surface area contributed by atoms with E-state index in [2.05, 4.69) is 40.6 Å². The highest BCUT2D eigenvalue weighted by molar-refractivity contribution is 14.1. The van der Waals surface area contributed by atoms with Gasteiger partial charge in [-0.1, -0.05) is 30.3 Å². The molecule has 2 aromatic rings. The number of hydrogen-bond acceptors (Lipinski definition) is 1. The molecule has 0 aliphatic heterocycles. The number of nitrogens with zero attached hydrogens (tertiary/aromatic N) is 2. The van der Waals surface area contributed by atoms with Gasteiger partial charge < -0.3 is 10.6 Å². The van der Waals surface area contributed by atoms with Gasteiger partial charge in [-0.3, -0.25) is 0 Å². The minimum Gasteiger partial charge on any atom is -0.369 e. The van der Waals surface area contributed by atoms with Crippen LogP contribution in [0.1, 0.15) is 5.56 Å². The van der Waals surface area contributed by atoms with E-state index in [1.165, 1.54) is 5.56 Å². The molecule has 0 unspecified atom stereocenters. The lowest BCUT2D eigenvalue weighted by Gasteiger charge is -2.20. The molecule has 0 fully saturated rings. The van der Waals surface area contributed by atoms with Crippen LogP contribution in [0.2, 0.25) is 0 Å². The standard InChI is InChI=1S/C15H16IN3/c1-11-7-3-6-10-14(11)19(2)15(17)18-13-9-5-4-8-12(13)16/h3-10H,1-2H3,(H2,17,18). The third-order valence-corrected chi connectivity index (χ3v) is 3.82. The molecular formula is C15H16IN3. The summed E-state index contributed by atoms with van der Waals surface area (Å²) >= 11 is 2.26. The third kappa shape index (κ3) is 3.26. The Kier molecular flexibility index (Phi) is 4.42. The molecule has 0 aliphatic carbocycles. The summed E-state index contributed by atoms with van der Waals surface area (Å²) in [6, 6.07) is 16.0. The maximum Gasteiger partial charge on any atom is 0.200 e. The van der Waals surface area contributed by atoms with Crippen LogP contribution in [0.3, 0.4) is 0 Å². The second-order valence-electron chi connectivity index (χ2n) is 4.27. The van der Waals surface area contributed by atoms with Crippen molar-refractivity contribution in [3.8, 4) is 0 Å². The van der Waals surface area contributed by atoms with Crippen LogP contribution in [0.4, 0.5) is 11.4 Å². The average molecular weight is 365 g/mol. The summed E-state index contributed by atoms with van der Waals surface area (Å²) in [7, 11) is 1.93. The predicted molar refractivity (Wildman–Crippen MR) is 90.0 cm³/mol. The number of nitrogens with two attached hydrogens (primary N) is 1. The van der Waals surface area contributed by atoms with Gasteiger partial charge in [-0.25, -0.2) is 4.99 Å². The predicted octanol–water partition coefficient (Wildman–Crippen LogP) is 3.68. The molecule has 0 spiro atoms. The Labute approximate surface area is 127 Å². The Morgan fingerprint density at radius 2 is 1.74 bits per heavy atom. The number of hydrogen-bond donors (Lipinski definition) is 1. The van der Waals surface area contributed by atoms with Crippen molar-refractivity contribution in [3.63, 3.8) is 0 Å². The van der Waals surface area contributed by atoms with E-state index in [1.807, 2.05) is 54.4 Å². The van der Waals surface area contributed by atoms with E-state index in [-0.39, 0.29) is 0 Å². The number of anilines is 1. The van der Waals surface area contributed by atoms with Gasteiger partial charge in [-0.15, -0.1) is 0 Å². The van der Waals surface area contributed by atoms with Crippen LogP contribution < -0.4 is 10.6 Å². The van der Waals surface area contributed by atoms with Crippen LogP contribution in [-0.4, -0.2) is 13.0 Å². The molecule has 0 saturated heterocycles. The topological polar surface area (TPSA) is 41.6 Å². The molecule has 4 heteroatoms. The first kappa shape index (κ1) is 13.9. The molecular weight excluding hydrogens is 349 g/mol. The van der Waals surface area contributed by atoms with Crippen molar-refractivity contribution in [2.75, 3.05) is 11.9 Å². The molecule has 19 heavy (non-hydrogen) atoms. The molecule has 0 bridgehead atoms. The fourth-order valence-corrected chi connectivity index (χ4v) is 2.31. The number of aryl methyl sites for hydroxylation is 1. The molecule has 2 N–H and O–H groups in total. The Morgan fingerprint density at radius 1 is 1.11 bits per heavy atom. The Morgan fingerprint density at radius 3 is 2.42 bits per heavy atom. The smallest absolute Gasteiger partial charge is 0.200 e. The van der Waals surface area contributed by atoms with Crippen LogP contribution in [0.25, 0.3) is 0 Å². The van der Waals surface area contributed by atoms with Crippen LogP contribution in [0.15, 0.2) is 53.5 Å². The average Bonchev–Trinajstić information content (AvgIpc) is 2.41. The molecule has 0 radical (unpaired) electrons. The van der Waals surface area contributed by atoms with Gasteiger partial charge in [0.2, 0.25) is 5.96 Å². The monoisotopic (exact) mass is 365 g/mol. The molecule has 0 heterocycles. The molecule has 0 atom stereocenters. The van der Waals surface area contributed by atoms with Gasteiger partial charge in [0.05, 0.1) is 5.69 Å². The van der Waals surface area contributed by atoms with Gasteiger partial charge >= 0.3 is 0 Å². The number of guanidine groups is 1. The normalized spacial score (nSPS) is 11.4. The molecule has 98 valence electrons. The zero-order chi connectivity index (χ0) is 13.8. The summed E-state index contributed by atoms with van der Waals surface area (Å²) in [5, 5.41) is 0. The second kappa shape index (κ2) is 6.06. The first-order valence-corrected chi connectivity index (χ1v) is 7.05. The fourth-order valence-electron chi connectivity index (χ4n) is 1.80. The number of benzene rings is 2. The van der Waals surface area contributed by atoms with Crippen molar-refractivity contribution < 1.29 is 0 Å². The fraction of sp³-hybridized carbons (Fsp3) is 0.133. The lowest BCUT2D eigenvalue weighted by molar-refractivity contribution is 1.19. The SMILES string of the molecule is Cc1ccccc1N(C)C(N)=Nc1ccccc1I. The van der Waals surface area contributed by atoms with Gasteiger partial charge in [0.25, 0.3) is 0 Å². The minimum absolute atomic E-state index is 0.485. The molecule has 3 nitrogen and oxygen atoms in total. The highest BCUT2D eigenvalue weighted by Crippen LogP contribution is 2.22. The second-order valence-corrected chi connectivity index (χ2v) is 5.43. The van der Waals surface area contributed by atoms with Gasteiger partial charge in [0, 0.05) is 16.3 Å². The zero-order valence-electron chi connectivity index (χ0n) is 11.0. The Balaban J connectivity index is 2.32. The van der Waals surface area contributed by atoms with Gasteiger partial charge in [0.15, 0.2) is 0 Å². The maximum absolute atomic E-state index is 6.09. The summed E-state index contributed by atoms with van der Waals surface area (Å²) in [6.07, 6.45) is 0. The van der Waals surface area contributed by atoms with Crippen molar-refractivity contribution >= 4 is 39.9 Å². The molecule has 0 saturated carbocycles. The van der Waals surface area contributed by atoms with E-state index >= 15 is 0 Å². The first-order valence-electron chi connectivity index (χ1n) is 5.97. The molecule has 0 amide bonds. The molecule has 0 aliphatic rings. The van der Waals surface area contributed by atoms with Crippen molar-refractivity contribution in [3.05, 3.63) is 57.7 Å². The van der Waals surface area contributed by atoms with Gasteiger partial charge in [0.1, 0.15) is 0 Å². The van der Waals surface area contributed by atoms with E-state index < -0.39 is 0 Å². The van der Waals surface area contributed by atoms with Gasteiger partial charge in [-0.2, -0.15) is 0 Å². The van der Waals surface area contributed by atoms with E-state index in [1.54, 1.807) is 0 Å². The van der Waals surface area contributed by atoms with Crippen LogP contribution in [0.5, 0.6) is 0 Å². The Bertz CT molecular complexity index is 608. The lowest BCUT2D eigenvalue weighted by atomic mass is 10.2. The van der Waals surface area contributed by atoms with E-state index in [0.717, 1.165) is 14.9 Å². The highest BCUT2D eigenvalue weighted by atomic mass is 127. The van der Waals surface area contributed by atoms with Crippen molar-refractivity contribution in [1.82, 2.24) is 0 Å². The number of aliphatic imine (C=N–C) groups is 1. The summed E-state index contributed by atoms with van der Waals surface area (Å²) in [5.74, 6) is 0.485. The molecule has 0 aromatic heterocycles. The largest absolute Gasteiger partial charge is 0.369 e. The van der Waals surface area contributed by atoms with Gasteiger partial charge in [-0.05, 0) is 53.3 Å². The lowest BCUT2D eigenvalue weighted by Crippen LogP contribution is -2.34. The third-order valence-electron chi connectivity index (χ3n) is 2.91. The zero-order valence-corrected chi connectivity index (χ0v) is 13.1. The first-order chi connectivity index (χ1) is 9.09. The molecule has 2 aromatic carbocycles. The van der Waals surface area contributed by atoms with Crippen LogP contribution >= 0.6 is 22.6 Å². The van der Waals surface area contributed by atoms with Crippen molar-refractivity contribution in [2.24, 2.45) is 10.7 Å². The maximum atomic E-state index is 6.09. The van der Waals surface area contributed by atoms with Crippen molar-refractivity contribution in [1.29, 1.82) is 0 Å². The van der Waals surface area contributed by atoms with Crippen LogP contribution in [0, 0.1) is 10.5 Å². The number of para-hydroxylation sites is 2. The Hall–Kier alpha value is -1.56.